The molecule has 0 aliphatic rings. The summed E-state index contributed by atoms with van der Waals surface area (Å²) >= 11 is 0. The van der Waals surface area contributed by atoms with Crippen LogP contribution >= 0.6 is 7.82 Å². The summed E-state index contributed by atoms with van der Waals surface area (Å²) < 4.78 is 39.5. The third-order valence-corrected chi connectivity index (χ3v) is 13.1. The molecular formula is C64H107O11P. The molecule has 0 saturated heterocycles. The van der Waals surface area contributed by atoms with E-state index in [1.54, 1.807) is 0 Å². The van der Waals surface area contributed by atoms with Gasteiger partial charge in [0.25, 0.3) is 0 Å². The number of hydrogen-bond acceptors (Lipinski definition) is 10. The van der Waals surface area contributed by atoms with E-state index in [1.807, 2.05) is 0 Å². The minimum absolute atomic E-state index is 0.118. The summed E-state index contributed by atoms with van der Waals surface area (Å²) in [6.07, 6.45) is 69.0. The minimum Gasteiger partial charge on any atom is -0.462 e. The maximum absolute atomic E-state index is 12.9. The first-order chi connectivity index (χ1) is 37.2. The lowest BCUT2D eigenvalue weighted by Crippen LogP contribution is -2.30. The molecule has 0 amide bonds. The van der Waals surface area contributed by atoms with E-state index in [9.17, 15) is 28.9 Å². The van der Waals surface area contributed by atoms with Crippen LogP contribution in [0.25, 0.3) is 0 Å². The number of rotatable bonds is 54. The van der Waals surface area contributed by atoms with E-state index in [0.29, 0.717) is 19.3 Å². The van der Waals surface area contributed by atoms with Gasteiger partial charge in [-0.3, -0.25) is 23.4 Å². The van der Waals surface area contributed by atoms with Crippen molar-refractivity contribution >= 4 is 25.7 Å². The monoisotopic (exact) mass is 1080 g/mol. The fraction of sp³-hybridized carbons (Fsp3) is 0.672. The van der Waals surface area contributed by atoms with Crippen LogP contribution in [-0.2, 0) is 42.2 Å². The molecule has 434 valence electrons. The number of ether oxygens (including phenoxy) is 3. The standard InChI is InChI=1S/C64H107O11P/c1-4-7-10-13-16-19-22-25-28-29-30-31-34-37-40-43-46-49-52-55-64(68)75-61(57-71-62(66)53-50-47-44-41-38-35-32-26-23-20-17-14-11-8-5-2)59-73-76(69,70)72-58-60(56-65)74-63(67)54-51-48-45-42-39-36-33-27-24-21-18-15-12-9-6-3/h7,9-10,12,16,18-19,21,25,27-28,30-31,33,37,39-40,42,60-61,65H,4-6,8,11,13-15,17,20,22-24,26,29,32,34-36,38,41,43-59H2,1-3H3,(H,69,70)/b10-7-,12-9-,19-16-,21-18-,28-25-,31-30-,33-27-,40-37-,42-39-. The van der Waals surface area contributed by atoms with Gasteiger partial charge in [-0.15, -0.1) is 0 Å². The van der Waals surface area contributed by atoms with Crippen LogP contribution in [0.5, 0.6) is 0 Å². The number of esters is 3. The number of unbranched alkanes of at least 4 members (excludes halogenated alkanes) is 19. The second-order valence-electron chi connectivity index (χ2n) is 19.4. The van der Waals surface area contributed by atoms with E-state index < -0.39 is 57.8 Å². The number of carbonyl (C=O) groups is 3. The molecule has 0 aromatic rings. The van der Waals surface area contributed by atoms with Crippen molar-refractivity contribution in [3.8, 4) is 0 Å². The Bertz CT molecular complexity index is 1690. The molecule has 0 saturated carbocycles. The molecule has 3 unspecified atom stereocenters. The maximum atomic E-state index is 12.9. The molecule has 0 spiro atoms. The Morgan fingerprint density at radius 1 is 0.382 bits per heavy atom. The van der Waals surface area contributed by atoms with Crippen molar-refractivity contribution < 1.29 is 52.2 Å². The second kappa shape index (κ2) is 57.3. The number of phosphoric ester groups is 1. The van der Waals surface area contributed by atoms with E-state index in [1.165, 1.54) is 70.6 Å². The minimum atomic E-state index is -4.77. The lowest BCUT2D eigenvalue weighted by molar-refractivity contribution is -0.161. The molecule has 0 rings (SSSR count). The van der Waals surface area contributed by atoms with Crippen LogP contribution in [-0.4, -0.2) is 66.5 Å². The summed E-state index contributed by atoms with van der Waals surface area (Å²) in [5.74, 6) is -1.55. The summed E-state index contributed by atoms with van der Waals surface area (Å²) in [5.41, 5.74) is 0. The first-order valence-corrected chi connectivity index (χ1v) is 31.3. The average molecular weight is 1080 g/mol. The van der Waals surface area contributed by atoms with Crippen LogP contribution in [0.3, 0.4) is 0 Å². The van der Waals surface area contributed by atoms with Gasteiger partial charge in [-0.1, -0.05) is 226 Å². The van der Waals surface area contributed by atoms with Gasteiger partial charge in [-0.25, -0.2) is 4.57 Å². The van der Waals surface area contributed by atoms with E-state index >= 15 is 0 Å². The molecule has 0 radical (unpaired) electrons. The lowest BCUT2D eigenvalue weighted by atomic mass is 10.0. The van der Waals surface area contributed by atoms with E-state index in [-0.39, 0.29) is 25.9 Å². The Morgan fingerprint density at radius 3 is 1.08 bits per heavy atom. The number of hydrogen-bond donors (Lipinski definition) is 2. The third-order valence-electron chi connectivity index (χ3n) is 12.2. The molecular weight excluding hydrogens is 976 g/mol. The van der Waals surface area contributed by atoms with E-state index in [4.69, 9.17) is 23.3 Å². The molecule has 3 atom stereocenters. The third kappa shape index (κ3) is 54.9. The largest absolute Gasteiger partial charge is 0.472 e. The zero-order valence-electron chi connectivity index (χ0n) is 47.9. The topological polar surface area (TPSA) is 155 Å². The fourth-order valence-corrected chi connectivity index (χ4v) is 8.51. The number of allylic oxidation sites excluding steroid dienone is 18. The van der Waals surface area contributed by atoms with Gasteiger partial charge in [-0.2, -0.15) is 0 Å². The first kappa shape index (κ1) is 72.1. The fourth-order valence-electron chi connectivity index (χ4n) is 7.73. The smallest absolute Gasteiger partial charge is 0.462 e. The predicted molar refractivity (Wildman–Crippen MR) is 316 cm³/mol. The van der Waals surface area contributed by atoms with Gasteiger partial charge in [0.1, 0.15) is 12.7 Å². The summed E-state index contributed by atoms with van der Waals surface area (Å²) in [5, 5.41) is 9.82. The molecule has 0 aromatic carbocycles. The Morgan fingerprint density at radius 2 is 0.684 bits per heavy atom. The number of aliphatic hydroxyl groups excluding tert-OH is 1. The maximum Gasteiger partial charge on any atom is 0.472 e. The van der Waals surface area contributed by atoms with Gasteiger partial charge in [0.15, 0.2) is 6.10 Å². The highest BCUT2D eigenvalue weighted by Crippen LogP contribution is 2.43. The van der Waals surface area contributed by atoms with Crippen LogP contribution in [0, 0.1) is 0 Å². The number of carbonyl (C=O) groups excluding carboxylic acids is 3. The summed E-state index contributed by atoms with van der Waals surface area (Å²) in [4.78, 5) is 48.6. The molecule has 0 aliphatic heterocycles. The quantitative estimate of drug-likeness (QED) is 0.0197. The highest BCUT2D eigenvalue weighted by atomic mass is 31.2. The predicted octanol–water partition coefficient (Wildman–Crippen LogP) is 17.8. The van der Waals surface area contributed by atoms with Crippen molar-refractivity contribution in [2.75, 3.05) is 26.4 Å². The van der Waals surface area contributed by atoms with Crippen LogP contribution < -0.4 is 0 Å². The highest BCUT2D eigenvalue weighted by molar-refractivity contribution is 7.47. The molecule has 0 aliphatic carbocycles. The van der Waals surface area contributed by atoms with Gasteiger partial charge in [0.05, 0.1) is 19.8 Å². The zero-order chi connectivity index (χ0) is 55.5. The molecule has 11 nitrogen and oxygen atoms in total. The van der Waals surface area contributed by atoms with Crippen molar-refractivity contribution in [3.63, 3.8) is 0 Å². The number of phosphoric acid groups is 1. The average Bonchev–Trinajstić information content (AvgIpc) is 3.41. The summed E-state index contributed by atoms with van der Waals surface area (Å²) in [7, 11) is -4.77. The van der Waals surface area contributed by atoms with Crippen LogP contribution in [0.15, 0.2) is 109 Å². The SMILES string of the molecule is CC/C=C\C/C=C\C/C=C\C/C=C\C/C=C\CCCCCC(=O)OC(COC(=O)CCCCCCCCCCCCCCCCC)COP(=O)(O)OCC(CO)OC(=O)CCCC/C=C\C/C=C\C/C=C\C/C=C\CC. The molecule has 76 heavy (non-hydrogen) atoms. The van der Waals surface area contributed by atoms with Crippen molar-refractivity contribution in [1.29, 1.82) is 0 Å². The van der Waals surface area contributed by atoms with E-state index in [0.717, 1.165) is 109 Å². The molecule has 0 fully saturated rings. The van der Waals surface area contributed by atoms with Crippen LogP contribution in [0.2, 0.25) is 0 Å². The van der Waals surface area contributed by atoms with Crippen LogP contribution in [0.1, 0.15) is 239 Å². The Balaban J connectivity index is 4.83. The molecule has 0 bridgehead atoms. The summed E-state index contributed by atoms with van der Waals surface area (Å²) in [6.45, 7) is 4.34. The second-order valence-corrected chi connectivity index (χ2v) is 20.9. The normalized spacial score (nSPS) is 14.1. The summed E-state index contributed by atoms with van der Waals surface area (Å²) in [6, 6.07) is 0. The molecule has 12 heteroatoms. The van der Waals surface area contributed by atoms with Gasteiger partial charge in [0, 0.05) is 19.3 Å². The van der Waals surface area contributed by atoms with Crippen molar-refractivity contribution in [2.45, 2.75) is 251 Å². The molecule has 0 heterocycles. The van der Waals surface area contributed by atoms with Crippen LogP contribution in [0.4, 0.5) is 0 Å². The highest BCUT2D eigenvalue weighted by Gasteiger charge is 2.28. The van der Waals surface area contributed by atoms with Gasteiger partial charge in [0.2, 0.25) is 0 Å². The van der Waals surface area contributed by atoms with Crippen molar-refractivity contribution in [3.05, 3.63) is 109 Å². The molecule has 2 N–H and O–H groups in total. The Labute approximate surface area is 463 Å². The number of aliphatic hydroxyl groups is 1. The van der Waals surface area contributed by atoms with Gasteiger partial charge < -0.3 is 24.2 Å². The van der Waals surface area contributed by atoms with E-state index in [2.05, 4.69) is 130 Å². The van der Waals surface area contributed by atoms with Gasteiger partial charge in [-0.05, 0) is 103 Å². The first-order valence-electron chi connectivity index (χ1n) is 29.8. The molecule has 0 aromatic heterocycles. The Kier molecular flexibility index (Phi) is 54.4. The zero-order valence-corrected chi connectivity index (χ0v) is 48.8. The van der Waals surface area contributed by atoms with Gasteiger partial charge >= 0.3 is 25.7 Å². The van der Waals surface area contributed by atoms with Crippen molar-refractivity contribution in [2.24, 2.45) is 0 Å². The lowest BCUT2D eigenvalue weighted by Gasteiger charge is -2.21. The van der Waals surface area contributed by atoms with Crippen molar-refractivity contribution in [1.82, 2.24) is 0 Å². The Hall–Kier alpha value is -3.86.